The van der Waals surface area contributed by atoms with Crippen molar-refractivity contribution in [2.75, 3.05) is 20.2 Å². The average Bonchev–Trinajstić information content (AvgIpc) is 2.73. The van der Waals surface area contributed by atoms with Gasteiger partial charge in [0.2, 0.25) is 0 Å². The summed E-state index contributed by atoms with van der Waals surface area (Å²) in [5.74, 6) is -1.17. The number of carbonyl (C=O) groups is 2. The number of hydrogen-bond acceptors (Lipinski definition) is 6. The van der Waals surface area contributed by atoms with Crippen molar-refractivity contribution < 1.29 is 19.2 Å². The van der Waals surface area contributed by atoms with Crippen molar-refractivity contribution in [2.24, 2.45) is 0 Å². The summed E-state index contributed by atoms with van der Waals surface area (Å²) in [6, 6.07) is 13.6. The van der Waals surface area contributed by atoms with Gasteiger partial charge in [-0.25, -0.2) is 4.79 Å². The second-order valence-electron chi connectivity index (χ2n) is 7.05. The van der Waals surface area contributed by atoms with Gasteiger partial charge in [0.25, 0.3) is 11.6 Å². The number of nitrogens with one attached hydrogen (secondary N) is 1. The Morgan fingerprint density at radius 3 is 2.62 bits per heavy atom. The predicted molar refractivity (Wildman–Crippen MR) is 107 cm³/mol. The molecule has 0 aliphatic carbocycles. The van der Waals surface area contributed by atoms with Gasteiger partial charge in [0.15, 0.2) is 0 Å². The van der Waals surface area contributed by atoms with Crippen molar-refractivity contribution in [3.8, 4) is 0 Å². The van der Waals surface area contributed by atoms with Crippen molar-refractivity contribution in [3.63, 3.8) is 0 Å². The van der Waals surface area contributed by atoms with E-state index in [0.29, 0.717) is 6.54 Å². The third-order valence-electron chi connectivity index (χ3n) is 4.90. The number of hydrogen-bond donors (Lipinski definition) is 1. The Morgan fingerprint density at radius 1 is 1.21 bits per heavy atom. The predicted octanol–water partition coefficient (Wildman–Crippen LogP) is 2.78. The molecule has 1 aliphatic heterocycles. The molecular formula is C21H23N3O5. The molecule has 1 aliphatic rings. The van der Waals surface area contributed by atoms with E-state index in [2.05, 4.69) is 27.1 Å². The van der Waals surface area contributed by atoms with Gasteiger partial charge in [-0.3, -0.25) is 19.8 Å². The summed E-state index contributed by atoms with van der Waals surface area (Å²) in [7, 11) is 1.18. The van der Waals surface area contributed by atoms with E-state index in [1.54, 1.807) is 0 Å². The highest BCUT2D eigenvalue weighted by molar-refractivity contribution is 5.99. The standard InChI is InChI=1S/C21H23N3O5/c1-29-21(26)17-10-16(11-19(12-17)24(27)28)20(25)22-18-8-5-9-23(14-18)13-15-6-3-2-4-7-15/h2-4,6-7,10-12,18H,5,8-9,13-14H2,1H3,(H,22,25). The highest BCUT2D eigenvalue weighted by Crippen LogP contribution is 2.19. The zero-order chi connectivity index (χ0) is 20.8. The third-order valence-corrected chi connectivity index (χ3v) is 4.90. The molecule has 29 heavy (non-hydrogen) atoms. The molecule has 3 rings (SSSR count). The second kappa shape index (κ2) is 9.29. The van der Waals surface area contributed by atoms with Gasteiger partial charge in [-0.2, -0.15) is 0 Å². The molecule has 1 unspecified atom stereocenters. The Hall–Kier alpha value is -3.26. The number of benzene rings is 2. The molecule has 8 nitrogen and oxygen atoms in total. The zero-order valence-electron chi connectivity index (χ0n) is 16.2. The summed E-state index contributed by atoms with van der Waals surface area (Å²) in [6.07, 6.45) is 1.77. The van der Waals surface area contributed by atoms with Gasteiger partial charge < -0.3 is 10.1 Å². The Balaban J connectivity index is 1.69. The van der Waals surface area contributed by atoms with Crippen LogP contribution in [0.1, 0.15) is 39.1 Å². The minimum absolute atomic E-state index is 0.0267. The van der Waals surface area contributed by atoms with E-state index in [9.17, 15) is 19.7 Å². The number of rotatable bonds is 6. The van der Waals surface area contributed by atoms with Gasteiger partial charge in [-0.05, 0) is 31.0 Å². The van der Waals surface area contributed by atoms with E-state index in [0.717, 1.165) is 32.0 Å². The molecule has 1 heterocycles. The van der Waals surface area contributed by atoms with Crippen LogP contribution in [-0.4, -0.2) is 47.9 Å². The number of carbonyl (C=O) groups excluding carboxylic acids is 2. The smallest absolute Gasteiger partial charge is 0.338 e. The maximum absolute atomic E-state index is 12.7. The lowest BCUT2D eigenvalue weighted by atomic mass is 10.0. The van der Waals surface area contributed by atoms with Crippen LogP contribution in [0.4, 0.5) is 5.69 Å². The quantitative estimate of drug-likeness (QED) is 0.457. The van der Waals surface area contributed by atoms with Gasteiger partial charge in [-0.15, -0.1) is 0 Å². The number of piperidine rings is 1. The number of nitro groups is 1. The van der Waals surface area contributed by atoms with Gasteiger partial charge in [0.1, 0.15) is 0 Å². The van der Waals surface area contributed by atoms with Crippen molar-refractivity contribution in [2.45, 2.75) is 25.4 Å². The van der Waals surface area contributed by atoms with E-state index in [4.69, 9.17) is 0 Å². The molecule has 1 saturated heterocycles. The molecule has 0 aromatic heterocycles. The minimum atomic E-state index is -0.727. The molecule has 152 valence electrons. The molecule has 1 amide bonds. The van der Waals surface area contributed by atoms with Gasteiger partial charge in [0.05, 0.1) is 17.6 Å². The van der Waals surface area contributed by atoms with E-state index in [1.807, 2.05) is 18.2 Å². The number of esters is 1. The van der Waals surface area contributed by atoms with E-state index >= 15 is 0 Å². The van der Waals surface area contributed by atoms with Gasteiger partial charge >= 0.3 is 5.97 Å². The van der Waals surface area contributed by atoms with Crippen molar-refractivity contribution in [1.82, 2.24) is 10.2 Å². The Labute approximate surface area is 168 Å². The monoisotopic (exact) mass is 397 g/mol. The number of non-ortho nitro benzene ring substituents is 1. The maximum Gasteiger partial charge on any atom is 0.338 e. The maximum atomic E-state index is 12.7. The lowest BCUT2D eigenvalue weighted by molar-refractivity contribution is -0.384. The van der Waals surface area contributed by atoms with E-state index in [1.165, 1.54) is 24.8 Å². The highest BCUT2D eigenvalue weighted by atomic mass is 16.6. The van der Waals surface area contributed by atoms with E-state index < -0.39 is 16.8 Å². The van der Waals surface area contributed by atoms with Crippen LogP contribution in [-0.2, 0) is 11.3 Å². The molecule has 1 fully saturated rings. The summed E-state index contributed by atoms with van der Waals surface area (Å²) in [6.45, 7) is 2.44. The molecule has 2 aromatic carbocycles. The van der Waals surface area contributed by atoms with Crippen LogP contribution < -0.4 is 5.32 Å². The first kappa shape index (κ1) is 20.5. The number of likely N-dealkylation sites (tertiary alicyclic amines) is 1. The normalized spacial score (nSPS) is 16.8. The highest BCUT2D eigenvalue weighted by Gasteiger charge is 2.24. The SMILES string of the molecule is COC(=O)c1cc(C(=O)NC2CCCN(Cc3ccccc3)C2)cc([N+](=O)[O-])c1. The molecule has 2 aromatic rings. The number of amides is 1. The molecule has 0 saturated carbocycles. The number of ether oxygens (including phenoxy) is 1. The van der Waals surface area contributed by atoms with Crippen molar-refractivity contribution in [3.05, 3.63) is 75.3 Å². The first-order valence-electron chi connectivity index (χ1n) is 9.41. The Bertz CT molecular complexity index is 900. The fraction of sp³-hybridized carbons (Fsp3) is 0.333. The lowest BCUT2D eigenvalue weighted by Gasteiger charge is -2.33. The molecule has 1 N–H and O–H groups in total. The van der Waals surface area contributed by atoms with Crippen LogP contribution in [0.15, 0.2) is 48.5 Å². The summed E-state index contributed by atoms with van der Waals surface area (Å²) in [5.41, 5.74) is 0.925. The fourth-order valence-corrected chi connectivity index (χ4v) is 3.51. The minimum Gasteiger partial charge on any atom is -0.465 e. The molecular weight excluding hydrogens is 374 g/mol. The number of nitro benzene ring substituents is 1. The number of nitrogens with zero attached hydrogens (tertiary/aromatic N) is 2. The van der Waals surface area contributed by atoms with Crippen LogP contribution in [0.25, 0.3) is 0 Å². The van der Waals surface area contributed by atoms with Gasteiger partial charge in [-0.1, -0.05) is 30.3 Å². The lowest BCUT2D eigenvalue weighted by Crippen LogP contribution is -2.47. The van der Waals surface area contributed by atoms with Gasteiger partial charge in [0, 0.05) is 36.8 Å². The zero-order valence-corrected chi connectivity index (χ0v) is 16.2. The van der Waals surface area contributed by atoms with E-state index in [-0.39, 0.29) is 22.9 Å². The summed E-state index contributed by atoms with van der Waals surface area (Å²) >= 11 is 0. The van der Waals surface area contributed by atoms with Crippen LogP contribution in [0, 0.1) is 10.1 Å². The molecule has 1 atom stereocenters. The first-order valence-corrected chi connectivity index (χ1v) is 9.41. The molecule has 0 spiro atoms. The number of methoxy groups -OCH3 is 1. The largest absolute Gasteiger partial charge is 0.465 e. The van der Waals surface area contributed by atoms with Crippen LogP contribution in [0.2, 0.25) is 0 Å². The summed E-state index contributed by atoms with van der Waals surface area (Å²) in [5, 5.41) is 14.1. The molecule has 8 heteroatoms. The Morgan fingerprint density at radius 2 is 1.93 bits per heavy atom. The second-order valence-corrected chi connectivity index (χ2v) is 7.05. The molecule has 0 bridgehead atoms. The summed E-state index contributed by atoms with van der Waals surface area (Å²) in [4.78, 5) is 37.3. The first-order chi connectivity index (χ1) is 14.0. The van der Waals surface area contributed by atoms with Crippen LogP contribution in [0.5, 0.6) is 0 Å². The average molecular weight is 397 g/mol. The third kappa shape index (κ3) is 5.39. The Kier molecular flexibility index (Phi) is 6.56. The fourth-order valence-electron chi connectivity index (χ4n) is 3.51. The van der Waals surface area contributed by atoms with Crippen molar-refractivity contribution in [1.29, 1.82) is 0 Å². The van der Waals surface area contributed by atoms with Crippen molar-refractivity contribution >= 4 is 17.6 Å². The molecule has 0 radical (unpaired) electrons. The van der Waals surface area contributed by atoms with Crippen LogP contribution >= 0.6 is 0 Å². The topological polar surface area (TPSA) is 102 Å². The van der Waals surface area contributed by atoms with Crippen LogP contribution in [0.3, 0.4) is 0 Å². The summed E-state index contributed by atoms with van der Waals surface area (Å²) < 4.78 is 4.63.